The molecule has 9 heteroatoms. The van der Waals surface area contributed by atoms with Gasteiger partial charge in [0.15, 0.2) is 4.96 Å². The number of fused-ring (bicyclic) bond motifs is 1. The molecule has 0 radical (unpaired) electrons. The zero-order chi connectivity index (χ0) is 20.4. The Kier molecular flexibility index (Phi) is 5.68. The van der Waals surface area contributed by atoms with Crippen molar-refractivity contribution in [2.45, 2.75) is 31.7 Å². The maximum atomic E-state index is 12.3. The van der Waals surface area contributed by atoms with E-state index in [1.54, 1.807) is 10.5 Å². The summed E-state index contributed by atoms with van der Waals surface area (Å²) in [7, 11) is 0. The first-order chi connectivity index (χ1) is 14.1. The molecule has 0 amide bonds. The van der Waals surface area contributed by atoms with E-state index in [0.717, 1.165) is 24.3 Å². The van der Waals surface area contributed by atoms with E-state index < -0.39 is 0 Å². The topological polar surface area (TPSA) is 76.5 Å². The lowest BCUT2D eigenvalue weighted by molar-refractivity contribution is 0.466. The molecule has 0 spiro atoms. The van der Waals surface area contributed by atoms with Crippen LogP contribution in [0.2, 0.25) is 0 Å². The van der Waals surface area contributed by atoms with Crippen LogP contribution < -0.4 is 10.5 Å². The predicted molar refractivity (Wildman–Crippen MR) is 117 cm³/mol. The molecule has 0 fully saturated rings. The number of thioether (sulfide) groups is 1. The van der Waals surface area contributed by atoms with Gasteiger partial charge >= 0.3 is 0 Å². The summed E-state index contributed by atoms with van der Waals surface area (Å²) in [5.74, 6) is 0.974. The number of rotatable bonds is 7. The van der Waals surface area contributed by atoms with Crippen LogP contribution in [0.3, 0.4) is 0 Å². The van der Waals surface area contributed by atoms with E-state index in [-0.39, 0.29) is 5.56 Å². The number of aryl methyl sites for hydroxylation is 1. The largest absolute Gasteiger partial charge is 0.411 e. The lowest BCUT2D eigenvalue weighted by Gasteiger charge is -2.20. The molecular weight excluding hydrogens is 406 g/mol. The van der Waals surface area contributed by atoms with Crippen molar-refractivity contribution < 1.29 is 4.42 Å². The fraction of sp³-hybridized carbons (Fsp3) is 0.300. The van der Waals surface area contributed by atoms with Crippen LogP contribution in [0.15, 0.2) is 50.1 Å². The Labute approximate surface area is 176 Å². The van der Waals surface area contributed by atoms with Crippen LogP contribution in [0.1, 0.15) is 25.2 Å². The molecule has 3 heterocycles. The van der Waals surface area contributed by atoms with Gasteiger partial charge in [-0.3, -0.25) is 9.20 Å². The van der Waals surface area contributed by atoms with E-state index >= 15 is 0 Å². The Morgan fingerprint density at radius 2 is 1.93 bits per heavy atom. The summed E-state index contributed by atoms with van der Waals surface area (Å²) in [6, 6.07) is 9.67. The quantitative estimate of drug-likeness (QED) is 0.408. The van der Waals surface area contributed by atoms with Gasteiger partial charge in [-0.05, 0) is 45.0 Å². The van der Waals surface area contributed by atoms with E-state index in [4.69, 9.17) is 4.42 Å². The minimum absolute atomic E-state index is 0.0659. The average molecular weight is 428 g/mol. The molecule has 0 saturated carbocycles. The molecule has 4 aromatic rings. The monoisotopic (exact) mass is 427 g/mol. The molecule has 0 aliphatic carbocycles. The van der Waals surface area contributed by atoms with Gasteiger partial charge in [0.2, 0.25) is 5.89 Å². The highest BCUT2D eigenvalue weighted by molar-refractivity contribution is 7.98. The highest BCUT2D eigenvalue weighted by Crippen LogP contribution is 2.27. The van der Waals surface area contributed by atoms with Crippen molar-refractivity contribution >= 4 is 33.7 Å². The first-order valence-corrected chi connectivity index (χ1v) is 11.2. The summed E-state index contributed by atoms with van der Waals surface area (Å²) in [6.45, 7) is 8.10. The van der Waals surface area contributed by atoms with Crippen molar-refractivity contribution in [1.29, 1.82) is 0 Å². The third-order valence-corrected chi connectivity index (χ3v) is 6.42. The van der Waals surface area contributed by atoms with Crippen LogP contribution in [0.25, 0.3) is 16.4 Å². The van der Waals surface area contributed by atoms with E-state index in [2.05, 4.69) is 46.1 Å². The predicted octanol–water partition coefficient (Wildman–Crippen LogP) is 4.25. The van der Waals surface area contributed by atoms with Gasteiger partial charge in [0.25, 0.3) is 10.8 Å². The van der Waals surface area contributed by atoms with Crippen molar-refractivity contribution in [2.24, 2.45) is 0 Å². The van der Waals surface area contributed by atoms with Gasteiger partial charge in [0, 0.05) is 47.2 Å². The lowest BCUT2D eigenvalue weighted by atomic mass is 10.2. The molecular formula is C20H21N5O2S2. The number of hydrogen-bond acceptors (Lipinski definition) is 8. The first-order valence-electron chi connectivity index (χ1n) is 9.37. The molecule has 4 rings (SSSR count). The molecule has 0 atom stereocenters. The molecule has 0 saturated heterocycles. The average Bonchev–Trinajstić information content (AvgIpc) is 3.35. The van der Waals surface area contributed by atoms with Crippen molar-refractivity contribution in [2.75, 3.05) is 18.0 Å². The highest BCUT2D eigenvalue weighted by atomic mass is 32.2. The molecule has 29 heavy (non-hydrogen) atoms. The molecule has 1 aromatic carbocycles. The minimum atomic E-state index is -0.0659. The lowest BCUT2D eigenvalue weighted by Crippen LogP contribution is -2.21. The summed E-state index contributed by atoms with van der Waals surface area (Å²) >= 11 is 2.83. The van der Waals surface area contributed by atoms with Crippen LogP contribution >= 0.6 is 23.1 Å². The summed E-state index contributed by atoms with van der Waals surface area (Å²) in [4.78, 5) is 19.8. The Morgan fingerprint density at radius 3 is 2.66 bits per heavy atom. The zero-order valence-corrected chi connectivity index (χ0v) is 18.1. The number of nitrogens with zero attached hydrogens (tertiary/aromatic N) is 5. The second kappa shape index (κ2) is 8.38. The molecule has 0 unspecified atom stereocenters. The molecule has 7 nitrogen and oxygen atoms in total. The first kappa shape index (κ1) is 19.7. The van der Waals surface area contributed by atoms with Crippen molar-refractivity contribution in [3.05, 3.63) is 57.5 Å². The van der Waals surface area contributed by atoms with Gasteiger partial charge in [-0.1, -0.05) is 11.8 Å². The number of hydrogen-bond donors (Lipinski definition) is 0. The van der Waals surface area contributed by atoms with Crippen molar-refractivity contribution in [3.8, 4) is 11.5 Å². The number of anilines is 1. The number of aromatic nitrogens is 4. The van der Waals surface area contributed by atoms with Crippen molar-refractivity contribution in [1.82, 2.24) is 19.6 Å². The summed E-state index contributed by atoms with van der Waals surface area (Å²) in [5.41, 5.74) is 3.58. The van der Waals surface area contributed by atoms with Crippen LogP contribution in [0.4, 0.5) is 5.69 Å². The van der Waals surface area contributed by atoms with E-state index in [1.165, 1.54) is 28.8 Å². The molecule has 0 N–H and O–H groups in total. The Hall–Kier alpha value is -2.65. The third-order valence-electron chi connectivity index (χ3n) is 4.62. The second-order valence-electron chi connectivity index (χ2n) is 6.46. The standard InChI is InChI=1S/C20H21N5O2S2/c1-4-24(5-2)16-8-6-14(7-9-16)18-22-23-20(27-18)29-12-15-10-17(26)25-13(3)11-28-19(25)21-15/h6-11H,4-5,12H2,1-3H3. The van der Waals surface area contributed by atoms with Gasteiger partial charge in [-0.2, -0.15) is 0 Å². The van der Waals surface area contributed by atoms with Crippen LogP contribution in [0, 0.1) is 6.92 Å². The van der Waals surface area contributed by atoms with Gasteiger partial charge in [-0.25, -0.2) is 4.98 Å². The Balaban J connectivity index is 1.46. The SMILES string of the molecule is CCN(CC)c1ccc(-c2nnc(SCc3cc(=O)n4c(C)csc4n3)o2)cc1. The fourth-order valence-corrected chi connectivity index (χ4v) is 4.65. The molecule has 0 aliphatic heterocycles. The summed E-state index contributed by atoms with van der Waals surface area (Å²) < 4.78 is 7.40. The molecule has 3 aromatic heterocycles. The van der Waals surface area contributed by atoms with E-state index in [0.29, 0.717) is 27.5 Å². The zero-order valence-electron chi connectivity index (χ0n) is 16.5. The van der Waals surface area contributed by atoms with Crippen LogP contribution in [-0.2, 0) is 5.75 Å². The van der Waals surface area contributed by atoms with Crippen LogP contribution in [0.5, 0.6) is 0 Å². The Morgan fingerprint density at radius 1 is 1.17 bits per heavy atom. The molecule has 150 valence electrons. The second-order valence-corrected chi connectivity index (χ2v) is 8.22. The summed E-state index contributed by atoms with van der Waals surface area (Å²) in [5, 5.41) is 10.6. The third kappa shape index (κ3) is 4.06. The smallest absolute Gasteiger partial charge is 0.277 e. The van der Waals surface area contributed by atoms with Gasteiger partial charge in [-0.15, -0.1) is 21.5 Å². The highest BCUT2D eigenvalue weighted by Gasteiger charge is 2.12. The van der Waals surface area contributed by atoms with E-state index in [1.807, 2.05) is 24.4 Å². The molecule has 0 aliphatic rings. The fourth-order valence-electron chi connectivity index (χ4n) is 3.10. The maximum absolute atomic E-state index is 12.3. The van der Waals surface area contributed by atoms with Crippen molar-refractivity contribution in [3.63, 3.8) is 0 Å². The molecule has 0 bridgehead atoms. The van der Waals surface area contributed by atoms with Gasteiger partial charge in [0.05, 0.1) is 5.69 Å². The van der Waals surface area contributed by atoms with Crippen LogP contribution in [-0.4, -0.2) is 32.7 Å². The summed E-state index contributed by atoms with van der Waals surface area (Å²) in [6.07, 6.45) is 0. The van der Waals surface area contributed by atoms with E-state index in [9.17, 15) is 4.79 Å². The minimum Gasteiger partial charge on any atom is -0.411 e. The normalized spacial score (nSPS) is 11.3. The number of benzene rings is 1. The maximum Gasteiger partial charge on any atom is 0.277 e. The van der Waals surface area contributed by atoms with Gasteiger partial charge < -0.3 is 9.32 Å². The Bertz CT molecular complexity index is 1180. The van der Waals surface area contributed by atoms with Gasteiger partial charge in [0.1, 0.15) is 0 Å². The number of thiazole rings is 1.